The standard InChI is InChI=1S/C59H40N6/c1-6-16-38(17-7-1)53-45-30-32-47(60-45)54(39-18-8-2-9-19-39)49-34-36-51(62-49)56(52-37-35-50(63-52)55(40-20-10-3-11-21-40)48-33-31-46(53)61-48)41-26-28-44(29-27-41)59-64-57(42-22-12-4-13-23-42)58(65-59)43-24-14-5-15-25-43/h1-37,60,63H,(H,64,65). The van der Waals surface area contributed by atoms with Crippen LogP contribution in [0.5, 0.6) is 0 Å². The summed E-state index contributed by atoms with van der Waals surface area (Å²) in [6.45, 7) is 0. The first kappa shape index (κ1) is 37.9. The molecule has 0 unspecified atom stereocenters. The molecule has 8 bridgehead atoms. The number of nitrogens with zero attached hydrogens (tertiary/aromatic N) is 3. The summed E-state index contributed by atoms with van der Waals surface area (Å²) >= 11 is 0. The van der Waals surface area contributed by atoms with Crippen LogP contribution in [0.3, 0.4) is 0 Å². The predicted octanol–water partition coefficient (Wildman–Crippen LogP) is 15.0. The lowest BCUT2D eigenvalue weighted by Gasteiger charge is -2.07. The van der Waals surface area contributed by atoms with E-state index >= 15 is 0 Å². The van der Waals surface area contributed by atoms with Crippen molar-refractivity contribution in [2.75, 3.05) is 0 Å². The second-order valence-electron chi connectivity index (χ2n) is 16.2. The van der Waals surface area contributed by atoms with Gasteiger partial charge in [-0.25, -0.2) is 15.0 Å². The number of nitrogens with one attached hydrogen (secondary N) is 3. The molecular weight excluding hydrogens is 793 g/mol. The number of fused-ring (bicyclic) bond motifs is 8. The number of hydrogen-bond acceptors (Lipinski definition) is 3. The maximum absolute atomic E-state index is 5.49. The topological polar surface area (TPSA) is 86.0 Å². The molecule has 4 aromatic heterocycles. The van der Waals surface area contributed by atoms with Gasteiger partial charge in [-0.1, -0.05) is 176 Å². The number of aromatic amines is 3. The molecule has 10 aromatic rings. The van der Waals surface area contributed by atoms with Crippen molar-refractivity contribution < 1.29 is 0 Å². The Kier molecular flexibility index (Phi) is 9.38. The third-order valence-electron chi connectivity index (χ3n) is 12.2. The van der Waals surface area contributed by atoms with E-state index in [1.165, 1.54) is 0 Å². The summed E-state index contributed by atoms with van der Waals surface area (Å²) < 4.78 is 0. The van der Waals surface area contributed by atoms with Crippen molar-refractivity contribution in [3.05, 3.63) is 223 Å². The molecule has 2 aliphatic heterocycles. The Morgan fingerprint density at radius 3 is 0.923 bits per heavy atom. The Hall–Kier alpha value is -8.87. The molecular formula is C59H40N6. The first-order valence-electron chi connectivity index (χ1n) is 21.9. The molecule has 0 amide bonds. The predicted molar refractivity (Wildman–Crippen MR) is 269 cm³/mol. The molecule has 12 rings (SSSR count). The van der Waals surface area contributed by atoms with Gasteiger partial charge in [0.05, 0.1) is 34.2 Å². The third kappa shape index (κ3) is 7.00. The SMILES string of the molecule is C1=Cc2nc1c(-c1ccccc1)c1ccc([nH]1)c(-c1ccccc1)c1nc(c(-c3ccc(-c4nc(-c5ccccc5)c(-c5ccccc5)[nH]4)cc3)c3ccc([nH]3)c2-c2ccccc2)C=C1. The van der Waals surface area contributed by atoms with E-state index in [0.717, 1.165) is 123 Å². The Labute approximate surface area is 376 Å². The lowest BCUT2D eigenvalue weighted by molar-refractivity contribution is 1.30. The number of imidazole rings is 1. The van der Waals surface area contributed by atoms with E-state index in [1.807, 2.05) is 12.1 Å². The van der Waals surface area contributed by atoms with Gasteiger partial charge in [0, 0.05) is 61.0 Å². The van der Waals surface area contributed by atoms with E-state index in [0.29, 0.717) is 0 Å². The minimum atomic E-state index is 0.803. The summed E-state index contributed by atoms with van der Waals surface area (Å²) in [7, 11) is 0. The van der Waals surface area contributed by atoms with Gasteiger partial charge in [-0.2, -0.15) is 0 Å². The number of hydrogen-bond donors (Lipinski definition) is 3. The summed E-state index contributed by atoms with van der Waals surface area (Å²) in [4.78, 5) is 27.5. The lowest BCUT2D eigenvalue weighted by Crippen LogP contribution is -1.90. The van der Waals surface area contributed by atoms with Gasteiger partial charge in [0.2, 0.25) is 0 Å². The number of benzene rings is 6. The molecule has 6 nitrogen and oxygen atoms in total. The number of rotatable bonds is 7. The van der Waals surface area contributed by atoms with Gasteiger partial charge in [-0.05, 0) is 70.8 Å². The third-order valence-corrected chi connectivity index (χ3v) is 12.2. The summed E-state index contributed by atoms with van der Waals surface area (Å²) in [5, 5.41) is 0. The molecule has 3 N–H and O–H groups in total. The summed E-state index contributed by atoms with van der Waals surface area (Å²) in [6.07, 6.45) is 8.56. The maximum atomic E-state index is 5.49. The van der Waals surface area contributed by atoms with Crippen LogP contribution >= 0.6 is 0 Å². The van der Waals surface area contributed by atoms with Crippen LogP contribution in [0.2, 0.25) is 0 Å². The first-order chi connectivity index (χ1) is 32.2. The molecule has 306 valence electrons. The highest BCUT2D eigenvalue weighted by Gasteiger charge is 2.20. The van der Waals surface area contributed by atoms with Crippen molar-refractivity contribution in [1.82, 2.24) is 29.9 Å². The first-order valence-corrected chi connectivity index (χ1v) is 21.9. The van der Waals surface area contributed by atoms with E-state index in [4.69, 9.17) is 15.0 Å². The number of aromatic nitrogens is 6. The average Bonchev–Trinajstić information content (AvgIpc) is 4.25. The van der Waals surface area contributed by atoms with Crippen LogP contribution in [0, 0.1) is 0 Å². The highest BCUT2D eigenvalue weighted by Crippen LogP contribution is 2.39. The normalized spacial score (nSPS) is 11.9. The Morgan fingerprint density at radius 2 is 0.554 bits per heavy atom. The van der Waals surface area contributed by atoms with Crippen molar-refractivity contribution >= 4 is 46.4 Å². The van der Waals surface area contributed by atoms with Crippen molar-refractivity contribution in [2.45, 2.75) is 0 Å². The van der Waals surface area contributed by atoms with Crippen molar-refractivity contribution in [3.8, 4) is 78.4 Å². The molecule has 6 aromatic carbocycles. The second kappa shape index (κ2) is 16.1. The average molecular weight is 833 g/mol. The Bertz CT molecular complexity index is 3510. The molecule has 0 aliphatic carbocycles. The van der Waals surface area contributed by atoms with Gasteiger partial charge in [-0.15, -0.1) is 0 Å². The summed E-state index contributed by atoms with van der Waals surface area (Å²) in [5.41, 5.74) is 20.7. The highest BCUT2D eigenvalue weighted by atomic mass is 14.9. The lowest BCUT2D eigenvalue weighted by atomic mass is 10.0. The quantitative estimate of drug-likeness (QED) is 0.149. The molecule has 65 heavy (non-hydrogen) atoms. The van der Waals surface area contributed by atoms with Gasteiger partial charge in [0.1, 0.15) is 5.82 Å². The van der Waals surface area contributed by atoms with Crippen LogP contribution in [0.1, 0.15) is 22.8 Å². The van der Waals surface area contributed by atoms with Crippen LogP contribution < -0.4 is 0 Å². The van der Waals surface area contributed by atoms with E-state index in [2.05, 4.69) is 227 Å². The fourth-order valence-corrected chi connectivity index (χ4v) is 9.16. The zero-order valence-corrected chi connectivity index (χ0v) is 35.2. The molecule has 0 radical (unpaired) electrons. The van der Waals surface area contributed by atoms with Crippen LogP contribution in [-0.2, 0) is 0 Å². The smallest absolute Gasteiger partial charge is 0.138 e. The zero-order chi connectivity index (χ0) is 43.1. The van der Waals surface area contributed by atoms with Gasteiger partial charge < -0.3 is 15.0 Å². The van der Waals surface area contributed by atoms with Crippen LogP contribution in [-0.4, -0.2) is 29.9 Å². The van der Waals surface area contributed by atoms with Crippen LogP contribution in [0.15, 0.2) is 200 Å². The molecule has 0 atom stereocenters. The largest absolute Gasteiger partial charge is 0.354 e. The Balaban J connectivity index is 1.11. The fourth-order valence-electron chi connectivity index (χ4n) is 9.16. The van der Waals surface area contributed by atoms with E-state index in [1.54, 1.807) is 0 Å². The minimum Gasteiger partial charge on any atom is -0.354 e. The summed E-state index contributed by atoms with van der Waals surface area (Å²) in [5.74, 6) is 0.803. The van der Waals surface area contributed by atoms with Gasteiger partial charge in [0.15, 0.2) is 0 Å². The van der Waals surface area contributed by atoms with Crippen molar-refractivity contribution in [3.63, 3.8) is 0 Å². The maximum Gasteiger partial charge on any atom is 0.138 e. The van der Waals surface area contributed by atoms with E-state index in [9.17, 15) is 0 Å². The molecule has 6 heteroatoms. The van der Waals surface area contributed by atoms with Crippen molar-refractivity contribution in [1.29, 1.82) is 0 Å². The van der Waals surface area contributed by atoms with Gasteiger partial charge in [0.25, 0.3) is 0 Å². The van der Waals surface area contributed by atoms with Gasteiger partial charge in [-0.3, -0.25) is 0 Å². The zero-order valence-electron chi connectivity index (χ0n) is 35.2. The van der Waals surface area contributed by atoms with E-state index < -0.39 is 0 Å². The van der Waals surface area contributed by atoms with Crippen molar-refractivity contribution in [2.24, 2.45) is 0 Å². The minimum absolute atomic E-state index is 0.803. The fraction of sp³-hybridized carbons (Fsp3) is 0. The molecule has 0 saturated carbocycles. The monoisotopic (exact) mass is 832 g/mol. The molecule has 6 heterocycles. The number of H-pyrrole nitrogens is 3. The summed E-state index contributed by atoms with van der Waals surface area (Å²) in [6, 6.07) is 69.6. The van der Waals surface area contributed by atoms with E-state index in [-0.39, 0.29) is 0 Å². The van der Waals surface area contributed by atoms with Crippen LogP contribution in [0.4, 0.5) is 0 Å². The molecule has 2 aliphatic rings. The molecule has 0 spiro atoms. The second-order valence-corrected chi connectivity index (χ2v) is 16.2. The molecule has 0 saturated heterocycles. The molecule has 0 fully saturated rings. The highest BCUT2D eigenvalue weighted by molar-refractivity contribution is 6.00. The Morgan fingerprint density at radius 1 is 0.246 bits per heavy atom. The van der Waals surface area contributed by atoms with Gasteiger partial charge >= 0.3 is 0 Å². The van der Waals surface area contributed by atoms with Crippen LogP contribution in [0.25, 0.3) is 125 Å².